The van der Waals surface area contributed by atoms with Crippen LogP contribution < -0.4 is 4.90 Å². The maximum atomic E-state index is 12.0. The van der Waals surface area contributed by atoms with Gasteiger partial charge in [0.1, 0.15) is 5.60 Å². The molecule has 4 nitrogen and oxygen atoms in total. The van der Waals surface area contributed by atoms with Crippen LogP contribution in [0.2, 0.25) is 0 Å². The van der Waals surface area contributed by atoms with Crippen molar-refractivity contribution in [2.45, 2.75) is 46.1 Å². The van der Waals surface area contributed by atoms with Gasteiger partial charge in [0.05, 0.1) is 6.42 Å². The number of carbonyl (C=O) groups excluding carboxylic acids is 2. The van der Waals surface area contributed by atoms with Crippen LogP contribution in [-0.2, 0) is 14.3 Å². The Bertz CT molecular complexity index is 471. The van der Waals surface area contributed by atoms with Crippen molar-refractivity contribution in [3.8, 4) is 0 Å². The number of benzene rings is 1. The van der Waals surface area contributed by atoms with Crippen LogP contribution in [0.25, 0.3) is 0 Å². The number of aryl methyl sites for hydroxylation is 1. The molecule has 0 radical (unpaired) electrons. The van der Waals surface area contributed by atoms with Gasteiger partial charge in [0.25, 0.3) is 0 Å². The van der Waals surface area contributed by atoms with Gasteiger partial charge in [-0.1, -0.05) is 17.7 Å². The van der Waals surface area contributed by atoms with Gasteiger partial charge in [0.2, 0.25) is 5.91 Å². The zero-order valence-electron chi connectivity index (χ0n) is 12.9. The van der Waals surface area contributed by atoms with Gasteiger partial charge < -0.3 is 9.64 Å². The zero-order valence-corrected chi connectivity index (χ0v) is 12.9. The first-order chi connectivity index (χ1) is 9.19. The first kappa shape index (κ1) is 16.2. The second-order valence-corrected chi connectivity index (χ2v) is 5.87. The minimum atomic E-state index is -0.511. The van der Waals surface area contributed by atoms with Gasteiger partial charge in [-0.2, -0.15) is 0 Å². The normalized spacial score (nSPS) is 11.1. The van der Waals surface area contributed by atoms with Crippen LogP contribution in [0.5, 0.6) is 0 Å². The number of nitrogens with zero attached hydrogens (tertiary/aromatic N) is 1. The minimum Gasteiger partial charge on any atom is -0.460 e. The third kappa shape index (κ3) is 5.43. The van der Waals surface area contributed by atoms with Crippen molar-refractivity contribution in [1.82, 2.24) is 0 Å². The lowest BCUT2D eigenvalue weighted by atomic mass is 10.2. The summed E-state index contributed by atoms with van der Waals surface area (Å²) < 4.78 is 5.18. The average Bonchev–Trinajstić information content (AvgIpc) is 2.34. The highest BCUT2D eigenvalue weighted by atomic mass is 16.6. The monoisotopic (exact) mass is 277 g/mol. The van der Waals surface area contributed by atoms with Crippen molar-refractivity contribution < 1.29 is 14.3 Å². The van der Waals surface area contributed by atoms with Gasteiger partial charge in [-0.3, -0.25) is 9.59 Å². The number of rotatable bonds is 4. The van der Waals surface area contributed by atoms with E-state index in [-0.39, 0.29) is 24.7 Å². The molecule has 1 amide bonds. The lowest BCUT2D eigenvalue weighted by molar-refractivity contribution is -0.155. The highest BCUT2D eigenvalue weighted by molar-refractivity contribution is 5.94. The van der Waals surface area contributed by atoms with E-state index in [0.29, 0.717) is 0 Å². The third-order valence-electron chi connectivity index (χ3n) is 2.76. The van der Waals surface area contributed by atoms with Crippen LogP contribution >= 0.6 is 0 Å². The fourth-order valence-corrected chi connectivity index (χ4v) is 1.68. The second kappa shape index (κ2) is 6.55. The largest absolute Gasteiger partial charge is 0.460 e. The summed E-state index contributed by atoms with van der Waals surface area (Å²) in [4.78, 5) is 25.1. The molecule has 0 aliphatic rings. The van der Waals surface area contributed by atoms with Crippen LogP contribution in [0.3, 0.4) is 0 Å². The van der Waals surface area contributed by atoms with E-state index in [1.807, 2.05) is 52.0 Å². The van der Waals surface area contributed by atoms with E-state index in [1.165, 1.54) is 0 Å². The Morgan fingerprint density at radius 3 is 2.15 bits per heavy atom. The van der Waals surface area contributed by atoms with Gasteiger partial charge in [-0.15, -0.1) is 0 Å². The van der Waals surface area contributed by atoms with Crippen molar-refractivity contribution in [3.05, 3.63) is 29.8 Å². The summed E-state index contributed by atoms with van der Waals surface area (Å²) in [7, 11) is 1.71. The van der Waals surface area contributed by atoms with Crippen molar-refractivity contribution in [1.29, 1.82) is 0 Å². The lowest BCUT2D eigenvalue weighted by Gasteiger charge is -2.20. The molecule has 0 bridgehead atoms. The molecule has 4 heteroatoms. The van der Waals surface area contributed by atoms with E-state index >= 15 is 0 Å². The molecule has 1 rings (SSSR count). The van der Waals surface area contributed by atoms with Crippen LogP contribution in [0, 0.1) is 6.92 Å². The molecule has 20 heavy (non-hydrogen) atoms. The first-order valence-corrected chi connectivity index (χ1v) is 6.74. The smallest absolute Gasteiger partial charge is 0.306 e. The molecule has 0 fully saturated rings. The van der Waals surface area contributed by atoms with Gasteiger partial charge >= 0.3 is 5.97 Å². The van der Waals surface area contributed by atoms with Crippen molar-refractivity contribution in [3.63, 3.8) is 0 Å². The Balaban J connectivity index is 2.50. The predicted molar refractivity (Wildman–Crippen MR) is 79.7 cm³/mol. The molecule has 0 heterocycles. The zero-order chi connectivity index (χ0) is 15.3. The maximum absolute atomic E-state index is 12.0. The summed E-state index contributed by atoms with van der Waals surface area (Å²) in [6, 6.07) is 7.68. The van der Waals surface area contributed by atoms with Crippen molar-refractivity contribution >= 4 is 17.6 Å². The molecule has 0 aliphatic heterocycles. The molecular weight excluding hydrogens is 254 g/mol. The minimum absolute atomic E-state index is 0.0975. The molecule has 0 atom stereocenters. The van der Waals surface area contributed by atoms with Crippen LogP contribution in [-0.4, -0.2) is 24.5 Å². The Morgan fingerprint density at radius 1 is 1.10 bits per heavy atom. The van der Waals surface area contributed by atoms with Crippen LogP contribution in [0.15, 0.2) is 24.3 Å². The summed E-state index contributed by atoms with van der Waals surface area (Å²) in [6.07, 6.45) is 0.256. The van der Waals surface area contributed by atoms with Crippen molar-refractivity contribution in [2.75, 3.05) is 11.9 Å². The molecular formula is C16H23NO3. The Morgan fingerprint density at radius 2 is 1.65 bits per heavy atom. The Labute approximate surface area is 120 Å². The predicted octanol–water partition coefficient (Wildman–Crippen LogP) is 3.08. The average molecular weight is 277 g/mol. The number of hydrogen-bond donors (Lipinski definition) is 0. The summed E-state index contributed by atoms with van der Waals surface area (Å²) >= 11 is 0. The molecule has 1 aromatic rings. The van der Waals surface area contributed by atoms with Crippen molar-refractivity contribution in [2.24, 2.45) is 0 Å². The van der Waals surface area contributed by atoms with Gasteiger partial charge in [-0.25, -0.2) is 0 Å². The van der Waals surface area contributed by atoms with E-state index < -0.39 is 5.60 Å². The first-order valence-electron chi connectivity index (χ1n) is 6.74. The van der Waals surface area contributed by atoms with E-state index in [1.54, 1.807) is 11.9 Å². The molecule has 0 spiro atoms. The van der Waals surface area contributed by atoms with Gasteiger partial charge in [0.15, 0.2) is 0 Å². The fourth-order valence-electron chi connectivity index (χ4n) is 1.68. The number of amides is 1. The lowest BCUT2D eigenvalue weighted by Crippen LogP contribution is -2.28. The SMILES string of the molecule is Cc1ccc(N(C)C(=O)CCC(=O)OC(C)(C)C)cc1. The number of ether oxygens (including phenoxy) is 1. The van der Waals surface area contributed by atoms with E-state index in [2.05, 4.69) is 0 Å². The quantitative estimate of drug-likeness (QED) is 0.795. The maximum Gasteiger partial charge on any atom is 0.306 e. The molecule has 0 aliphatic carbocycles. The number of carbonyl (C=O) groups is 2. The summed E-state index contributed by atoms with van der Waals surface area (Å²) in [5.74, 6) is -0.442. The Hall–Kier alpha value is -1.84. The van der Waals surface area contributed by atoms with E-state index in [0.717, 1.165) is 11.3 Å². The van der Waals surface area contributed by atoms with E-state index in [9.17, 15) is 9.59 Å². The number of esters is 1. The molecule has 110 valence electrons. The van der Waals surface area contributed by atoms with Crippen LogP contribution in [0.1, 0.15) is 39.2 Å². The molecule has 0 saturated carbocycles. The highest BCUT2D eigenvalue weighted by Crippen LogP contribution is 2.15. The molecule has 0 unspecified atom stereocenters. The highest BCUT2D eigenvalue weighted by Gasteiger charge is 2.18. The third-order valence-corrected chi connectivity index (χ3v) is 2.76. The van der Waals surface area contributed by atoms with E-state index in [4.69, 9.17) is 4.74 Å². The molecule has 1 aromatic carbocycles. The molecule has 0 N–H and O–H groups in total. The Kier molecular flexibility index (Phi) is 5.31. The van der Waals surface area contributed by atoms with Crippen LogP contribution in [0.4, 0.5) is 5.69 Å². The summed E-state index contributed by atoms with van der Waals surface area (Å²) in [6.45, 7) is 7.43. The number of hydrogen-bond acceptors (Lipinski definition) is 3. The standard InChI is InChI=1S/C16H23NO3/c1-12-6-8-13(9-7-12)17(5)14(18)10-11-15(19)20-16(2,3)4/h6-9H,10-11H2,1-5H3. The topological polar surface area (TPSA) is 46.6 Å². The second-order valence-electron chi connectivity index (χ2n) is 5.87. The molecule has 0 saturated heterocycles. The van der Waals surface area contributed by atoms with Gasteiger partial charge in [0, 0.05) is 19.2 Å². The molecule has 0 aromatic heterocycles. The summed E-state index contributed by atoms with van der Waals surface area (Å²) in [5, 5.41) is 0. The van der Waals surface area contributed by atoms with Gasteiger partial charge in [-0.05, 0) is 39.8 Å². The fraction of sp³-hybridized carbons (Fsp3) is 0.500. The summed E-state index contributed by atoms with van der Waals surface area (Å²) in [5.41, 5.74) is 1.45. The number of anilines is 1.